The number of amides is 2. The lowest BCUT2D eigenvalue weighted by Gasteiger charge is -2.16. The molecule has 1 aliphatic rings. The van der Waals surface area contributed by atoms with Gasteiger partial charge < -0.3 is 5.32 Å². The molecule has 0 saturated heterocycles. The van der Waals surface area contributed by atoms with Crippen LogP contribution in [-0.4, -0.2) is 16.7 Å². The van der Waals surface area contributed by atoms with Crippen molar-refractivity contribution in [3.63, 3.8) is 0 Å². The highest BCUT2D eigenvalue weighted by molar-refractivity contribution is 6.36. The van der Waals surface area contributed by atoms with Gasteiger partial charge in [0.2, 0.25) is 0 Å². The molecule has 0 saturated carbocycles. The molecule has 0 atom stereocenters. The summed E-state index contributed by atoms with van der Waals surface area (Å²) in [6.45, 7) is 1.80. The SMILES string of the molecule is Cc1cc(Cl)ccc1NC1=C(c2ccc(F)cc2)C(=O)N(Cc2ccc(F)cc2)C1=O. The highest BCUT2D eigenvalue weighted by atomic mass is 35.5. The quantitative estimate of drug-likeness (QED) is 0.548. The summed E-state index contributed by atoms with van der Waals surface area (Å²) in [5.41, 5.74) is 2.64. The van der Waals surface area contributed by atoms with Gasteiger partial charge in [-0.2, -0.15) is 0 Å². The first-order valence-corrected chi connectivity index (χ1v) is 9.85. The van der Waals surface area contributed by atoms with E-state index in [9.17, 15) is 18.4 Å². The summed E-state index contributed by atoms with van der Waals surface area (Å²) in [4.78, 5) is 27.5. The summed E-state index contributed by atoms with van der Waals surface area (Å²) in [5, 5.41) is 3.60. The minimum Gasteiger partial charge on any atom is -0.350 e. The lowest BCUT2D eigenvalue weighted by atomic mass is 10.0. The van der Waals surface area contributed by atoms with Crippen LogP contribution in [0.15, 0.2) is 72.4 Å². The standard InChI is InChI=1S/C24H17ClF2N2O2/c1-14-12-17(25)6-11-20(14)28-22-21(16-4-9-19(27)10-5-16)23(30)29(24(22)31)13-15-2-7-18(26)8-3-15/h2-12,28H,13H2,1H3. The van der Waals surface area contributed by atoms with E-state index in [2.05, 4.69) is 5.32 Å². The molecule has 0 spiro atoms. The predicted octanol–water partition coefficient (Wildman–Crippen LogP) is 5.32. The van der Waals surface area contributed by atoms with Crippen LogP contribution in [0.1, 0.15) is 16.7 Å². The molecule has 31 heavy (non-hydrogen) atoms. The summed E-state index contributed by atoms with van der Waals surface area (Å²) >= 11 is 6.02. The maximum atomic E-state index is 13.4. The minimum absolute atomic E-state index is 0.0204. The van der Waals surface area contributed by atoms with Crippen molar-refractivity contribution in [3.05, 3.63) is 106 Å². The molecule has 1 N–H and O–H groups in total. The van der Waals surface area contributed by atoms with Crippen molar-refractivity contribution < 1.29 is 18.4 Å². The van der Waals surface area contributed by atoms with Gasteiger partial charge >= 0.3 is 0 Å². The van der Waals surface area contributed by atoms with Gasteiger partial charge in [0.25, 0.3) is 11.8 Å². The summed E-state index contributed by atoms with van der Waals surface area (Å²) in [7, 11) is 0. The van der Waals surface area contributed by atoms with E-state index in [0.29, 0.717) is 21.8 Å². The van der Waals surface area contributed by atoms with Crippen LogP contribution < -0.4 is 5.32 Å². The van der Waals surface area contributed by atoms with E-state index in [1.165, 1.54) is 48.5 Å². The molecule has 156 valence electrons. The van der Waals surface area contributed by atoms with Gasteiger partial charge in [-0.15, -0.1) is 0 Å². The first-order valence-electron chi connectivity index (χ1n) is 9.47. The molecule has 1 heterocycles. The Labute approximate surface area is 182 Å². The van der Waals surface area contributed by atoms with Crippen molar-refractivity contribution in [2.45, 2.75) is 13.5 Å². The molecular formula is C24H17ClF2N2O2. The van der Waals surface area contributed by atoms with Gasteiger partial charge in [0, 0.05) is 10.7 Å². The number of anilines is 1. The zero-order chi connectivity index (χ0) is 22.1. The molecule has 0 unspecified atom stereocenters. The number of imide groups is 1. The number of nitrogens with zero attached hydrogens (tertiary/aromatic N) is 1. The van der Waals surface area contributed by atoms with Gasteiger partial charge in [-0.3, -0.25) is 14.5 Å². The first-order chi connectivity index (χ1) is 14.8. The molecule has 3 aromatic carbocycles. The van der Waals surface area contributed by atoms with Gasteiger partial charge in [-0.25, -0.2) is 8.78 Å². The third-order valence-electron chi connectivity index (χ3n) is 5.00. The zero-order valence-corrected chi connectivity index (χ0v) is 17.2. The summed E-state index contributed by atoms with van der Waals surface area (Å²) in [5.74, 6) is -1.90. The van der Waals surface area contributed by atoms with Crippen LogP contribution in [0.5, 0.6) is 0 Å². The molecule has 4 rings (SSSR count). The average molecular weight is 439 g/mol. The fraction of sp³-hybridized carbons (Fsp3) is 0.0833. The topological polar surface area (TPSA) is 49.4 Å². The first kappa shape index (κ1) is 20.8. The predicted molar refractivity (Wildman–Crippen MR) is 115 cm³/mol. The van der Waals surface area contributed by atoms with Crippen LogP contribution in [0, 0.1) is 18.6 Å². The van der Waals surface area contributed by atoms with E-state index in [1.54, 1.807) is 18.2 Å². The molecular weight excluding hydrogens is 422 g/mol. The zero-order valence-electron chi connectivity index (χ0n) is 16.5. The largest absolute Gasteiger partial charge is 0.350 e. The summed E-state index contributed by atoms with van der Waals surface area (Å²) < 4.78 is 26.7. The third-order valence-corrected chi connectivity index (χ3v) is 5.24. The number of rotatable bonds is 5. The molecule has 0 fully saturated rings. The van der Waals surface area contributed by atoms with Crippen molar-refractivity contribution in [2.24, 2.45) is 0 Å². The lowest BCUT2D eigenvalue weighted by Crippen LogP contribution is -2.32. The van der Waals surface area contributed by atoms with Crippen molar-refractivity contribution in [1.82, 2.24) is 4.90 Å². The van der Waals surface area contributed by atoms with Crippen molar-refractivity contribution in [3.8, 4) is 0 Å². The van der Waals surface area contributed by atoms with Crippen LogP contribution in [0.2, 0.25) is 5.02 Å². The van der Waals surface area contributed by atoms with E-state index in [4.69, 9.17) is 11.6 Å². The molecule has 3 aromatic rings. The second-order valence-electron chi connectivity index (χ2n) is 7.16. The van der Waals surface area contributed by atoms with Crippen molar-refractivity contribution >= 4 is 34.7 Å². The van der Waals surface area contributed by atoms with Crippen LogP contribution in [-0.2, 0) is 16.1 Å². The van der Waals surface area contributed by atoms with Crippen LogP contribution in [0.3, 0.4) is 0 Å². The van der Waals surface area contributed by atoms with E-state index < -0.39 is 23.4 Å². The fourth-order valence-corrected chi connectivity index (χ4v) is 3.62. The van der Waals surface area contributed by atoms with E-state index in [0.717, 1.165) is 10.5 Å². The van der Waals surface area contributed by atoms with E-state index in [1.807, 2.05) is 6.92 Å². The van der Waals surface area contributed by atoms with E-state index in [-0.39, 0.29) is 17.8 Å². The van der Waals surface area contributed by atoms with Gasteiger partial charge in [0.15, 0.2) is 0 Å². The molecule has 0 aromatic heterocycles. The summed E-state index contributed by atoms with van der Waals surface area (Å²) in [6, 6.07) is 16.1. The van der Waals surface area contributed by atoms with Crippen LogP contribution in [0.25, 0.3) is 5.57 Å². The highest BCUT2D eigenvalue weighted by Gasteiger charge is 2.39. The number of aryl methyl sites for hydroxylation is 1. The van der Waals surface area contributed by atoms with Gasteiger partial charge in [0.05, 0.1) is 12.1 Å². The molecule has 2 amide bonds. The average Bonchev–Trinajstić information content (AvgIpc) is 2.96. The van der Waals surface area contributed by atoms with Crippen molar-refractivity contribution in [2.75, 3.05) is 5.32 Å². The lowest BCUT2D eigenvalue weighted by molar-refractivity contribution is -0.137. The second kappa shape index (κ2) is 8.32. The Morgan fingerprint density at radius 2 is 1.48 bits per heavy atom. The Balaban J connectivity index is 1.75. The molecule has 7 heteroatoms. The maximum Gasteiger partial charge on any atom is 0.278 e. The van der Waals surface area contributed by atoms with Gasteiger partial charge in [0.1, 0.15) is 17.3 Å². The number of carbonyl (C=O) groups is 2. The Kier molecular flexibility index (Phi) is 5.57. The Hall–Kier alpha value is -3.51. The van der Waals surface area contributed by atoms with E-state index >= 15 is 0 Å². The smallest absolute Gasteiger partial charge is 0.278 e. The molecule has 0 aliphatic carbocycles. The number of nitrogens with one attached hydrogen (secondary N) is 1. The number of carbonyl (C=O) groups excluding carboxylic acids is 2. The normalized spacial score (nSPS) is 13.9. The highest BCUT2D eigenvalue weighted by Crippen LogP contribution is 2.32. The van der Waals surface area contributed by atoms with Crippen molar-refractivity contribution in [1.29, 1.82) is 0 Å². The summed E-state index contributed by atoms with van der Waals surface area (Å²) in [6.07, 6.45) is 0. The second-order valence-corrected chi connectivity index (χ2v) is 7.60. The monoisotopic (exact) mass is 438 g/mol. The third kappa shape index (κ3) is 4.20. The maximum absolute atomic E-state index is 13.4. The molecule has 4 nitrogen and oxygen atoms in total. The number of halogens is 3. The number of hydrogen-bond acceptors (Lipinski definition) is 3. The Morgan fingerprint density at radius 3 is 2.10 bits per heavy atom. The number of hydrogen-bond donors (Lipinski definition) is 1. The van der Waals surface area contributed by atoms with Crippen LogP contribution >= 0.6 is 11.6 Å². The molecule has 1 aliphatic heterocycles. The Morgan fingerprint density at radius 1 is 0.871 bits per heavy atom. The van der Waals surface area contributed by atoms with Gasteiger partial charge in [-0.05, 0) is 66.1 Å². The van der Waals surface area contributed by atoms with Crippen LogP contribution in [0.4, 0.5) is 14.5 Å². The number of benzene rings is 3. The fourth-order valence-electron chi connectivity index (χ4n) is 3.39. The van der Waals surface area contributed by atoms with Gasteiger partial charge in [-0.1, -0.05) is 35.9 Å². The molecule has 0 bridgehead atoms. The molecule has 0 radical (unpaired) electrons. The Bertz CT molecular complexity index is 1210. The minimum atomic E-state index is -0.525.